The Balaban J connectivity index is 1.32. The number of halogens is 1. The fourth-order valence-electron chi connectivity index (χ4n) is 3.81. The van der Waals surface area contributed by atoms with E-state index in [-0.39, 0.29) is 11.3 Å². The van der Waals surface area contributed by atoms with Gasteiger partial charge >= 0.3 is 0 Å². The molecule has 3 aromatic rings. The minimum atomic E-state index is 0.0630. The number of allylic oxidation sites excluding steroid dienone is 3. The minimum absolute atomic E-state index is 0.0630. The Morgan fingerprint density at radius 2 is 1.82 bits per heavy atom. The average molecular weight is 493 g/mol. The summed E-state index contributed by atoms with van der Waals surface area (Å²) in [6.45, 7) is 0.569. The number of nitrogens with one attached hydrogen (secondary N) is 1. The van der Waals surface area contributed by atoms with E-state index in [0.717, 1.165) is 53.7 Å². The molecule has 2 aromatic carbocycles. The van der Waals surface area contributed by atoms with E-state index in [2.05, 4.69) is 38.3 Å². The molecule has 7 heteroatoms. The van der Waals surface area contributed by atoms with E-state index in [4.69, 9.17) is 11.6 Å². The standard InChI is InChI=1S/C27H29ClN4OS/c28-23-13-9-12-22(18-23)20-34-27-31-30-25(32(27)24-14-5-2-6-15-24)16-7-8-17-26(33)29-19-21-10-3-1-4-11-21/h1-6,9-15,23H,7-8,16-20H2,(H,29,33). The second kappa shape index (κ2) is 12.6. The van der Waals surface area contributed by atoms with Crippen LogP contribution >= 0.6 is 23.4 Å². The number of rotatable bonds is 11. The second-order valence-electron chi connectivity index (χ2n) is 8.26. The van der Waals surface area contributed by atoms with Gasteiger partial charge in [0.1, 0.15) is 5.82 Å². The molecule has 0 aliphatic heterocycles. The van der Waals surface area contributed by atoms with E-state index in [0.29, 0.717) is 13.0 Å². The zero-order valence-electron chi connectivity index (χ0n) is 19.1. The summed E-state index contributed by atoms with van der Waals surface area (Å²) in [4.78, 5) is 12.2. The third-order valence-electron chi connectivity index (χ3n) is 5.60. The number of alkyl halides is 1. The lowest BCUT2D eigenvalue weighted by Crippen LogP contribution is -2.22. The maximum atomic E-state index is 12.2. The van der Waals surface area contributed by atoms with Crippen LogP contribution in [0.4, 0.5) is 0 Å². The molecule has 1 aliphatic rings. The molecule has 1 aromatic heterocycles. The molecule has 5 nitrogen and oxygen atoms in total. The number of aromatic nitrogens is 3. The van der Waals surface area contributed by atoms with Crippen molar-refractivity contribution in [1.82, 2.24) is 20.1 Å². The summed E-state index contributed by atoms with van der Waals surface area (Å²) < 4.78 is 2.14. The number of carbonyl (C=O) groups excluding carboxylic acids is 1. The molecule has 1 atom stereocenters. The molecule has 4 rings (SSSR count). The van der Waals surface area contributed by atoms with E-state index < -0.39 is 0 Å². The van der Waals surface area contributed by atoms with Crippen molar-refractivity contribution in [3.05, 3.63) is 95.9 Å². The molecule has 0 fully saturated rings. The molecule has 1 heterocycles. The van der Waals surface area contributed by atoms with E-state index >= 15 is 0 Å². The number of nitrogens with zero attached hydrogens (tertiary/aromatic N) is 3. The normalized spacial score (nSPS) is 15.2. The smallest absolute Gasteiger partial charge is 0.220 e. The first-order valence-corrected chi connectivity index (χ1v) is 13.0. The van der Waals surface area contributed by atoms with Gasteiger partial charge in [0, 0.05) is 30.8 Å². The van der Waals surface area contributed by atoms with E-state index in [1.807, 2.05) is 60.7 Å². The summed E-state index contributed by atoms with van der Waals surface area (Å²) in [6.07, 6.45) is 10.0. The number of carbonyl (C=O) groups is 1. The van der Waals surface area contributed by atoms with Crippen molar-refractivity contribution >= 4 is 29.3 Å². The molecule has 34 heavy (non-hydrogen) atoms. The van der Waals surface area contributed by atoms with Crippen molar-refractivity contribution in [2.75, 3.05) is 5.75 Å². The summed E-state index contributed by atoms with van der Waals surface area (Å²) in [5.41, 5.74) is 3.47. The highest BCUT2D eigenvalue weighted by atomic mass is 35.5. The Morgan fingerprint density at radius 1 is 1.06 bits per heavy atom. The number of para-hydroxylation sites is 1. The van der Waals surface area contributed by atoms with Crippen molar-refractivity contribution in [2.24, 2.45) is 0 Å². The summed E-state index contributed by atoms with van der Waals surface area (Å²) >= 11 is 7.95. The van der Waals surface area contributed by atoms with Gasteiger partial charge < -0.3 is 5.32 Å². The van der Waals surface area contributed by atoms with Crippen LogP contribution in [0.2, 0.25) is 0 Å². The van der Waals surface area contributed by atoms with Gasteiger partial charge in [-0.1, -0.05) is 84.1 Å². The number of aryl methyl sites for hydroxylation is 1. The molecule has 0 radical (unpaired) electrons. The highest BCUT2D eigenvalue weighted by Crippen LogP contribution is 2.27. The summed E-state index contributed by atoms with van der Waals surface area (Å²) in [7, 11) is 0. The van der Waals surface area contributed by atoms with Crippen molar-refractivity contribution in [2.45, 2.75) is 49.2 Å². The second-order valence-corrected chi connectivity index (χ2v) is 9.76. The first-order chi connectivity index (χ1) is 16.7. The van der Waals surface area contributed by atoms with E-state index in [1.165, 1.54) is 5.57 Å². The van der Waals surface area contributed by atoms with Crippen LogP contribution in [0.15, 0.2) is 89.6 Å². The predicted molar refractivity (Wildman–Crippen MR) is 139 cm³/mol. The Labute approximate surface area is 210 Å². The van der Waals surface area contributed by atoms with Gasteiger partial charge in [-0.2, -0.15) is 0 Å². The van der Waals surface area contributed by atoms with Crippen molar-refractivity contribution in [3.63, 3.8) is 0 Å². The molecule has 1 amide bonds. The molecule has 176 valence electrons. The lowest BCUT2D eigenvalue weighted by atomic mass is 10.1. The van der Waals surface area contributed by atoms with Gasteiger partial charge in [0.25, 0.3) is 0 Å². The molecule has 0 saturated carbocycles. The van der Waals surface area contributed by atoms with Crippen LogP contribution in [0.5, 0.6) is 0 Å². The Bertz CT molecular complexity index is 1130. The third kappa shape index (κ3) is 7.08. The molecular weight excluding hydrogens is 464 g/mol. The van der Waals surface area contributed by atoms with Crippen LogP contribution in [0.25, 0.3) is 5.69 Å². The topological polar surface area (TPSA) is 59.8 Å². The first-order valence-electron chi connectivity index (χ1n) is 11.6. The Morgan fingerprint density at radius 3 is 2.59 bits per heavy atom. The predicted octanol–water partition coefficient (Wildman–Crippen LogP) is 5.88. The molecular formula is C27H29ClN4OS. The van der Waals surface area contributed by atoms with Gasteiger partial charge in [-0.05, 0) is 37.0 Å². The molecule has 1 aliphatic carbocycles. The van der Waals surface area contributed by atoms with Crippen LogP contribution < -0.4 is 5.32 Å². The van der Waals surface area contributed by atoms with Crippen LogP contribution in [-0.4, -0.2) is 31.8 Å². The summed E-state index contributed by atoms with van der Waals surface area (Å²) in [5.74, 6) is 1.84. The molecule has 0 bridgehead atoms. The zero-order valence-corrected chi connectivity index (χ0v) is 20.6. The molecule has 0 spiro atoms. The quantitative estimate of drug-likeness (QED) is 0.206. The van der Waals surface area contributed by atoms with Crippen LogP contribution in [0.1, 0.15) is 37.1 Å². The lowest BCUT2D eigenvalue weighted by molar-refractivity contribution is -0.121. The monoisotopic (exact) mass is 492 g/mol. The van der Waals surface area contributed by atoms with E-state index in [9.17, 15) is 4.79 Å². The zero-order chi connectivity index (χ0) is 23.6. The average Bonchev–Trinajstić information content (AvgIpc) is 3.28. The van der Waals surface area contributed by atoms with Gasteiger partial charge in [0.05, 0.1) is 5.38 Å². The van der Waals surface area contributed by atoms with Gasteiger partial charge in [0.15, 0.2) is 5.16 Å². The van der Waals surface area contributed by atoms with Gasteiger partial charge in [0.2, 0.25) is 5.91 Å². The van der Waals surface area contributed by atoms with Crippen LogP contribution in [0.3, 0.4) is 0 Å². The molecule has 1 unspecified atom stereocenters. The maximum absolute atomic E-state index is 12.2. The van der Waals surface area contributed by atoms with Gasteiger partial charge in [-0.15, -0.1) is 21.8 Å². The lowest BCUT2D eigenvalue weighted by Gasteiger charge is -2.14. The molecule has 0 saturated heterocycles. The first kappa shape index (κ1) is 24.3. The van der Waals surface area contributed by atoms with Crippen molar-refractivity contribution < 1.29 is 4.79 Å². The number of thioether (sulfide) groups is 1. The fourth-order valence-corrected chi connectivity index (χ4v) is 5.06. The Kier molecular flexibility index (Phi) is 8.99. The summed E-state index contributed by atoms with van der Waals surface area (Å²) in [5, 5.41) is 12.9. The maximum Gasteiger partial charge on any atom is 0.220 e. The number of hydrogen-bond donors (Lipinski definition) is 1. The van der Waals surface area contributed by atoms with Crippen molar-refractivity contribution in [1.29, 1.82) is 0 Å². The highest BCUT2D eigenvalue weighted by Gasteiger charge is 2.16. The van der Waals surface area contributed by atoms with Crippen LogP contribution in [0, 0.1) is 0 Å². The minimum Gasteiger partial charge on any atom is -0.352 e. The highest BCUT2D eigenvalue weighted by molar-refractivity contribution is 7.99. The van der Waals surface area contributed by atoms with Crippen LogP contribution in [-0.2, 0) is 17.8 Å². The summed E-state index contributed by atoms with van der Waals surface area (Å²) in [6, 6.07) is 20.2. The largest absolute Gasteiger partial charge is 0.352 e. The Hall–Kier alpha value is -2.83. The number of unbranched alkanes of at least 4 members (excludes halogenated alkanes) is 1. The third-order valence-corrected chi connectivity index (χ3v) is 6.93. The number of amides is 1. The van der Waals surface area contributed by atoms with E-state index in [1.54, 1.807) is 11.8 Å². The SMILES string of the molecule is O=C(CCCCc1nnc(SCC2=CC=CC(Cl)C2)n1-c1ccccc1)NCc1ccccc1. The fraction of sp³-hybridized carbons (Fsp3) is 0.296. The number of hydrogen-bond acceptors (Lipinski definition) is 4. The van der Waals surface area contributed by atoms with Gasteiger partial charge in [-0.3, -0.25) is 9.36 Å². The van der Waals surface area contributed by atoms with Crippen molar-refractivity contribution in [3.8, 4) is 5.69 Å². The van der Waals surface area contributed by atoms with Gasteiger partial charge in [-0.25, -0.2) is 0 Å². The number of benzene rings is 2. The molecule has 1 N–H and O–H groups in total.